The summed E-state index contributed by atoms with van der Waals surface area (Å²) in [5, 5.41) is 0. The Kier molecular flexibility index (Phi) is 5.99. The Bertz CT molecular complexity index is 761. The van der Waals surface area contributed by atoms with Crippen molar-refractivity contribution in [3.8, 4) is 11.1 Å². The van der Waals surface area contributed by atoms with E-state index >= 15 is 0 Å². The van der Waals surface area contributed by atoms with Gasteiger partial charge >= 0.3 is 0 Å². The van der Waals surface area contributed by atoms with Crippen LogP contribution in [0.5, 0.6) is 0 Å². The van der Waals surface area contributed by atoms with Crippen molar-refractivity contribution in [1.29, 1.82) is 0 Å². The Morgan fingerprint density at radius 1 is 1.19 bits per heavy atom. The van der Waals surface area contributed by atoms with Crippen LogP contribution in [0.15, 0.2) is 42.5 Å². The van der Waals surface area contributed by atoms with Crippen molar-refractivity contribution >= 4 is 5.91 Å². The van der Waals surface area contributed by atoms with Gasteiger partial charge in [0.05, 0.1) is 0 Å². The first-order valence-electron chi connectivity index (χ1n) is 8.93. The van der Waals surface area contributed by atoms with Crippen molar-refractivity contribution in [2.75, 3.05) is 26.8 Å². The zero-order chi connectivity index (χ0) is 18.5. The first kappa shape index (κ1) is 18.5. The van der Waals surface area contributed by atoms with E-state index in [0.29, 0.717) is 23.7 Å². The molecule has 1 aliphatic rings. The second-order valence-corrected chi connectivity index (χ2v) is 6.72. The largest absolute Gasteiger partial charge is 0.385 e. The number of benzene rings is 2. The third kappa shape index (κ3) is 4.10. The Labute approximate surface area is 152 Å². The van der Waals surface area contributed by atoms with Gasteiger partial charge in [-0.3, -0.25) is 4.79 Å². The summed E-state index contributed by atoms with van der Waals surface area (Å²) in [6.45, 7) is 2.20. The molecule has 0 saturated carbocycles. The van der Waals surface area contributed by atoms with E-state index in [1.54, 1.807) is 31.4 Å². The quantitative estimate of drug-likeness (QED) is 0.785. The average Bonchev–Trinajstić information content (AvgIpc) is 2.68. The summed E-state index contributed by atoms with van der Waals surface area (Å²) in [7, 11) is 1.69. The highest BCUT2D eigenvalue weighted by Crippen LogP contribution is 2.26. The molecule has 1 saturated heterocycles. The lowest BCUT2D eigenvalue weighted by Gasteiger charge is -2.32. The zero-order valence-electron chi connectivity index (χ0n) is 14.9. The van der Waals surface area contributed by atoms with Crippen LogP contribution in [0.25, 0.3) is 11.1 Å². The molecule has 1 aliphatic heterocycles. The van der Waals surface area contributed by atoms with Crippen molar-refractivity contribution in [2.45, 2.75) is 19.3 Å². The molecule has 0 aromatic heterocycles. The number of hydrogen-bond donors (Lipinski definition) is 0. The number of carbonyl (C=O) groups excluding carboxylic acids is 1. The van der Waals surface area contributed by atoms with Gasteiger partial charge in [0.25, 0.3) is 5.91 Å². The highest BCUT2D eigenvalue weighted by Gasteiger charge is 2.24. The standard InChI is InChI=1S/C21H23F2NO2/c1-26-13-11-15-4-3-12-24(14-15)21(25)17-9-7-16(8-10-17)18-5-2-6-19(22)20(18)23/h2,5-10,15H,3-4,11-14H2,1H3/t15-/m1/s1. The van der Waals surface area contributed by atoms with Gasteiger partial charge in [-0.1, -0.05) is 24.3 Å². The molecule has 138 valence electrons. The van der Waals surface area contributed by atoms with Gasteiger partial charge in [0.2, 0.25) is 0 Å². The topological polar surface area (TPSA) is 29.5 Å². The number of ether oxygens (including phenoxy) is 1. The van der Waals surface area contributed by atoms with Crippen LogP contribution in [-0.2, 0) is 4.74 Å². The predicted octanol–water partition coefficient (Wildman–Crippen LogP) is 4.52. The van der Waals surface area contributed by atoms with Gasteiger partial charge in [0.15, 0.2) is 11.6 Å². The van der Waals surface area contributed by atoms with Crippen LogP contribution in [0.3, 0.4) is 0 Å². The van der Waals surface area contributed by atoms with Gasteiger partial charge in [-0.25, -0.2) is 8.78 Å². The number of halogens is 2. The van der Waals surface area contributed by atoms with Crippen LogP contribution in [0.2, 0.25) is 0 Å². The van der Waals surface area contributed by atoms with Crippen LogP contribution in [0.1, 0.15) is 29.6 Å². The molecular weight excluding hydrogens is 336 g/mol. The van der Waals surface area contributed by atoms with Crippen molar-refractivity contribution in [3.63, 3.8) is 0 Å². The average molecular weight is 359 g/mol. The third-order valence-electron chi connectivity index (χ3n) is 4.93. The first-order chi connectivity index (χ1) is 12.6. The maximum atomic E-state index is 13.9. The fraction of sp³-hybridized carbons (Fsp3) is 0.381. The Morgan fingerprint density at radius 2 is 1.96 bits per heavy atom. The molecule has 26 heavy (non-hydrogen) atoms. The summed E-state index contributed by atoms with van der Waals surface area (Å²) in [5.41, 5.74) is 1.31. The molecule has 3 rings (SSSR count). The summed E-state index contributed by atoms with van der Waals surface area (Å²) >= 11 is 0. The number of likely N-dealkylation sites (tertiary alicyclic amines) is 1. The second-order valence-electron chi connectivity index (χ2n) is 6.72. The number of nitrogens with zero attached hydrogens (tertiary/aromatic N) is 1. The molecule has 1 fully saturated rings. The van der Waals surface area contributed by atoms with Crippen LogP contribution >= 0.6 is 0 Å². The smallest absolute Gasteiger partial charge is 0.253 e. The molecule has 1 amide bonds. The molecule has 3 nitrogen and oxygen atoms in total. The van der Waals surface area contributed by atoms with Crippen LogP contribution < -0.4 is 0 Å². The van der Waals surface area contributed by atoms with Crippen molar-refractivity contribution in [1.82, 2.24) is 4.90 Å². The van der Waals surface area contributed by atoms with Crippen LogP contribution in [0.4, 0.5) is 8.78 Å². The lowest BCUT2D eigenvalue weighted by molar-refractivity contribution is 0.0642. The molecule has 0 radical (unpaired) electrons. The fourth-order valence-corrected chi connectivity index (χ4v) is 3.47. The van der Waals surface area contributed by atoms with Crippen molar-refractivity contribution in [3.05, 3.63) is 59.7 Å². The number of hydrogen-bond acceptors (Lipinski definition) is 2. The maximum absolute atomic E-state index is 13.9. The Morgan fingerprint density at radius 3 is 2.69 bits per heavy atom. The predicted molar refractivity (Wildman–Crippen MR) is 96.9 cm³/mol. The number of piperidine rings is 1. The molecule has 0 aliphatic carbocycles. The minimum absolute atomic E-state index is 0.0154. The van der Waals surface area contributed by atoms with Crippen molar-refractivity contribution < 1.29 is 18.3 Å². The summed E-state index contributed by atoms with van der Waals surface area (Å²) < 4.78 is 32.5. The van der Waals surface area contributed by atoms with Crippen LogP contribution in [-0.4, -0.2) is 37.6 Å². The molecule has 1 heterocycles. The van der Waals surface area contributed by atoms with E-state index in [1.165, 1.54) is 12.1 Å². The minimum atomic E-state index is -0.877. The SMILES string of the molecule is COCC[C@H]1CCCN(C(=O)c2ccc(-c3cccc(F)c3F)cc2)C1. The van der Waals surface area contributed by atoms with E-state index < -0.39 is 11.6 Å². The molecule has 2 aromatic carbocycles. The molecule has 0 N–H and O–H groups in total. The van der Waals surface area contributed by atoms with E-state index in [4.69, 9.17) is 4.74 Å². The number of amides is 1. The fourth-order valence-electron chi connectivity index (χ4n) is 3.47. The van der Waals surface area contributed by atoms with Crippen LogP contribution in [0, 0.1) is 17.6 Å². The maximum Gasteiger partial charge on any atom is 0.253 e. The molecule has 1 atom stereocenters. The number of carbonyl (C=O) groups is 1. The summed E-state index contributed by atoms with van der Waals surface area (Å²) in [4.78, 5) is 14.6. The Hall–Kier alpha value is -2.27. The molecule has 2 aromatic rings. The number of rotatable bonds is 5. The molecule has 0 spiro atoms. The lowest BCUT2D eigenvalue weighted by atomic mass is 9.94. The van der Waals surface area contributed by atoms with Gasteiger partial charge < -0.3 is 9.64 Å². The highest BCUT2D eigenvalue weighted by molar-refractivity contribution is 5.94. The first-order valence-corrected chi connectivity index (χ1v) is 8.93. The van der Waals surface area contributed by atoms with E-state index in [-0.39, 0.29) is 11.5 Å². The minimum Gasteiger partial charge on any atom is -0.385 e. The highest BCUT2D eigenvalue weighted by atomic mass is 19.2. The molecular formula is C21H23F2NO2. The lowest BCUT2D eigenvalue weighted by Crippen LogP contribution is -2.40. The van der Waals surface area contributed by atoms with Gasteiger partial charge in [0.1, 0.15) is 0 Å². The second kappa shape index (κ2) is 8.41. The molecule has 0 bridgehead atoms. The van der Waals surface area contributed by atoms with E-state index in [2.05, 4.69) is 0 Å². The van der Waals surface area contributed by atoms with Gasteiger partial charge in [0, 0.05) is 37.9 Å². The van der Waals surface area contributed by atoms with Crippen molar-refractivity contribution in [2.24, 2.45) is 5.92 Å². The normalized spacial score (nSPS) is 17.3. The molecule has 5 heteroatoms. The van der Waals surface area contributed by atoms with Gasteiger partial charge in [-0.2, -0.15) is 0 Å². The van der Waals surface area contributed by atoms with E-state index in [0.717, 1.165) is 38.4 Å². The number of methoxy groups -OCH3 is 1. The third-order valence-corrected chi connectivity index (χ3v) is 4.93. The molecule has 0 unspecified atom stereocenters. The van der Waals surface area contributed by atoms with Gasteiger partial charge in [-0.05, 0) is 48.9 Å². The zero-order valence-corrected chi connectivity index (χ0v) is 14.9. The van der Waals surface area contributed by atoms with E-state index in [1.807, 2.05) is 4.90 Å². The monoisotopic (exact) mass is 359 g/mol. The van der Waals surface area contributed by atoms with Gasteiger partial charge in [-0.15, -0.1) is 0 Å². The summed E-state index contributed by atoms with van der Waals surface area (Å²) in [5.74, 6) is -1.30. The summed E-state index contributed by atoms with van der Waals surface area (Å²) in [6.07, 6.45) is 3.07. The summed E-state index contributed by atoms with van der Waals surface area (Å²) in [6, 6.07) is 10.8. The van der Waals surface area contributed by atoms with E-state index in [9.17, 15) is 13.6 Å². The Balaban J connectivity index is 1.72.